The van der Waals surface area contributed by atoms with Gasteiger partial charge in [0.1, 0.15) is 0 Å². The first kappa shape index (κ1) is 16.2. The number of H-pyrrole nitrogens is 1. The van der Waals surface area contributed by atoms with Crippen LogP contribution >= 0.6 is 15.9 Å². The smallest absolute Gasteiger partial charge is 0.250 e. The number of fused-ring (bicyclic) bond motifs is 1. The highest BCUT2D eigenvalue weighted by atomic mass is 79.9. The van der Waals surface area contributed by atoms with E-state index in [1.54, 1.807) is 6.07 Å². The lowest BCUT2D eigenvalue weighted by atomic mass is 9.98. The number of nitrogens with two attached hydrogens (primary N) is 1. The average molecular weight is 398 g/mol. The van der Waals surface area contributed by atoms with Crippen molar-refractivity contribution in [2.45, 2.75) is 6.42 Å². The molecule has 1 aliphatic heterocycles. The zero-order chi connectivity index (χ0) is 16.8. The second-order valence-corrected chi connectivity index (χ2v) is 8.44. The third-order valence-electron chi connectivity index (χ3n) is 4.01. The van der Waals surface area contributed by atoms with Gasteiger partial charge < -0.3 is 10.7 Å². The van der Waals surface area contributed by atoms with Crippen LogP contribution < -0.4 is 5.73 Å². The number of amides is 1. The third-order valence-corrected chi connectivity index (χ3v) is 5.73. The highest BCUT2D eigenvalue weighted by Crippen LogP contribution is 2.33. The summed E-state index contributed by atoms with van der Waals surface area (Å²) in [5.74, 6) is -0.495. The van der Waals surface area contributed by atoms with Crippen molar-refractivity contribution >= 4 is 48.3 Å². The Bertz CT molecular complexity index is 931. The van der Waals surface area contributed by atoms with E-state index in [4.69, 9.17) is 5.73 Å². The molecule has 0 saturated carbocycles. The lowest BCUT2D eigenvalue weighted by Crippen LogP contribution is -2.33. The molecule has 1 amide bonds. The number of nitrogens with zero attached hydrogens (tertiary/aromatic N) is 1. The van der Waals surface area contributed by atoms with E-state index in [-0.39, 0.29) is 0 Å². The molecule has 0 atom stereocenters. The predicted octanol–water partition coefficient (Wildman–Crippen LogP) is 2.08. The maximum Gasteiger partial charge on any atom is 0.250 e. The minimum atomic E-state index is -3.17. The summed E-state index contributed by atoms with van der Waals surface area (Å²) in [5, 5.41) is 0.896. The van der Waals surface area contributed by atoms with E-state index < -0.39 is 15.9 Å². The number of aromatic amines is 1. The van der Waals surface area contributed by atoms with Gasteiger partial charge in [0.2, 0.25) is 10.0 Å². The molecule has 0 bridgehead atoms. The van der Waals surface area contributed by atoms with E-state index in [9.17, 15) is 13.2 Å². The summed E-state index contributed by atoms with van der Waals surface area (Å²) in [6, 6.07) is 3.61. The van der Waals surface area contributed by atoms with Crippen LogP contribution in [0.15, 0.2) is 28.9 Å². The highest BCUT2D eigenvalue weighted by Gasteiger charge is 2.22. The molecular weight excluding hydrogens is 382 g/mol. The summed E-state index contributed by atoms with van der Waals surface area (Å²) in [5.41, 5.74) is 8.59. The molecular formula is C15H16BrN3O3S. The highest BCUT2D eigenvalue weighted by molar-refractivity contribution is 9.10. The summed E-state index contributed by atoms with van der Waals surface area (Å²) in [6.45, 7) is 0.811. The van der Waals surface area contributed by atoms with Gasteiger partial charge in [-0.1, -0.05) is 22.0 Å². The van der Waals surface area contributed by atoms with E-state index >= 15 is 0 Å². The van der Waals surface area contributed by atoms with Gasteiger partial charge in [-0.3, -0.25) is 4.79 Å². The van der Waals surface area contributed by atoms with Gasteiger partial charge in [-0.05, 0) is 24.1 Å². The van der Waals surface area contributed by atoms with Crippen LogP contribution in [-0.2, 0) is 10.0 Å². The number of primary amides is 1. The molecule has 1 aromatic carbocycles. The average Bonchev–Trinajstić information content (AvgIpc) is 2.89. The van der Waals surface area contributed by atoms with Gasteiger partial charge >= 0.3 is 0 Å². The van der Waals surface area contributed by atoms with Gasteiger partial charge in [-0.25, -0.2) is 8.42 Å². The zero-order valence-electron chi connectivity index (χ0n) is 12.5. The number of benzene rings is 1. The topological polar surface area (TPSA) is 96.3 Å². The van der Waals surface area contributed by atoms with Crippen LogP contribution in [0.3, 0.4) is 0 Å². The Morgan fingerprint density at radius 3 is 2.70 bits per heavy atom. The monoisotopic (exact) mass is 397 g/mol. The minimum absolute atomic E-state index is 0.359. The predicted molar refractivity (Wildman–Crippen MR) is 93.5 cm³/mol. The normalized spacial score (nSPS) is 16.5. The Labute approximate surface area is 142 Å². The van der Waals surface area contributed by atoms with Gasteiger partial charge in [0.15, 0.2) is 0 Å². The standard InChI is InChI=1S/C15H16BrN3O3S/c1-23(21,22)19-4-2-9(3-5-19)13-8-18-14-11(13)6-10(16)7-12(14)15(17)20/h2,6-8,18H,3-5H2,1H3,(H2,17,20). The molecule has 0 aliphatic carbocycles. The molecule has 0 spiro atoms. The largest absolute Gasteiger partial charge is 0.366 e. The van der Waals surface area contributed by atoms with Crippen molar-refractivity contribution in [3.8, 4) is 0 Å². The van der Waals surface area contributed by atoms with E-state index in [0.717, 1.165) is 21.0 Å². The molecule has 0 saturated heterocycles. The van der Waals surface area contributed by atoms with Crippen molar-refractivity contribution in [1.29, 1.82) is 0 Å². The molecule has 3 rings (SSSR count). The number of nitrogens with one attached hydrogen (secondary N) is 1. The number of sulfonamides is 1. The van der Waals surface area contributed by atoms with Gasteiger partial charge in [0.05, 0.1) is 17.3 Å². The fourth-order valence-electron chi connectivity index (χ4n) is 2.85. The second-order valence-electron chi connectivity index (χ2n) is 5.54. The molecule has 122 valence electrons. The number of hydrogen-bond donors (Lipinski definition) is 2. The summed E-state index contributed by atoms with van der Waals surface area (Å²) in [4.78, 5) is 14.7. The van der Waals surface area contributed by atoms with Gasteiger partial charge in [0.25, 0.3) is 5.91 Å². The Kier molecular flexibility index (Phi) is 4.07. The molecule has 2 heterocycles. The van der Waals surface area contributed by atoms with E-state index in [2.05, 4.69) is 20.9 Å². The Morgan fingerprint density at radius 1 is 1.39 bits per heavy atom. The summed E-state index contributed by atoms with van der Waals surface area (Å²) in [6.07, 6.45) is 5.59. The Morgan fingerprint density at radius 2 is 2.13 bits per heavy atom. The molecule has 0 unspecified atom stereocenters. The minimum Gasteiger partial charge on any atom is -0.366 e. The van der Waals surface area contributed by atoms with E-state index in [0.29, 0.717) is 30.6 Å². The second kappa shape index (κ2) is 5.77. The van der Waals surface area contributed by atoms with Crippen molar-refractivity contribution in [1.82, 2.24) is 9.29 Å². The lowest BCUT2D eigenvalue weighted by Gasteiger charge is -2.24. The quantitative estimate of drug-likeness (QED) is 0.829. The fourth-order valence-corrected chi connectivity index (χ4v) is 4.08. The van der Waals surface area contributed by atoms with Crippen LogP contribution in [0.1, 0.15) is 22.3 Å². The van der Waals surface area contributed by atoms with E-state index in [1.165, 1.54) is 10.6 Å². The number of halogens is 1. The maximum atomic E-state index is 11.6. The molecule has 6 nitrogen and oxygen atoms in total. The van der Waals surface area contributed by atoms with Crippen molar-refractivity contribution in [3.05, 3.63) is 40.0 Å². The van der Waals surface area contributed by atoms with Crippen LogP contribution in [0.2, 0.25) is 0 Å². The molecule has 1 aliphatic rings. The lowest BCUT2D eigenvalue weighted by molar-refractivity contribution is 0.100. The number of carbonyl (C=O) groups excluding carboxylic acids is 1. The third kappa shape index (κ3) is 3.06. The Hall–Kier alpha value is -1.64. The summed E-state index contributed by atoms with van der Waals surface area (Å²) in [7, 11) is -3.17. The molecule has 2 aromatic rings. The van der Waals surface area contributed by atoms with E-state index in [1.807, 2.05) is 18.3 Å². The van der Waals surface area contributed by atoms with Crippen molar-refractivity contribution in [2.24, 2.45) is 5.73 Å². The van der Waals surface area contributed by atoms with Crippen LogP contribution in [0, 0.1) is 0 Å². The van der Waals surface area contributed by atoms with Crippen molar-refractivity contribution < 1.29 is 13.2 Å². The first-order valence-electron chi connectivity index (χ1n) is 7.02. The van der Waals surface area contributed by atoms with Crippen LogP contribution in [-0.4, -0.2) is 43.0 Å². The number of rotatable bonds is 3. The number of hydrogen-bond acceptors (Lipinski definition) is 3. The summed E-state index contributed by atoms with van der Waals surface area (Å²) >= 11 is 3.40. The summed E-state index contributed by atoms with van der Waals surface area (Å²) < 4.78 is 25.4. The van der Waals surface area contributed by atoms with Crippen molar-refractivity contribution in [2.75, 3.05) is 19.3 Å². The van der Waals surface area contributed by atoms with Gasteiger partial charge in [-0.15, -0.1) is 0 Å². The molecule has 23 heavy (non-hydrogen) atoms. The van der Waals surface area contributed by atoms with Crippen molar-refractivity contribution in [3.63, 3.8) is 0 Å². The molecule has 0 radical (unpaired) electrons. The number of carbonyl (C=O) groups is 1. The molecule has 0 fully saturated rings. The maximum absolute atomic E-state index is 11.6. The molecule has 3 N–H and O–H groups in total. The van der Waals surface area contributed by atoms with Gasteiger partial charge in [0, 0.05) is 34.7 Å². The number of aromatic nitrogens is 1. The fraction of sp³-hybridized carbons (Fsp3) is 0.267. The zero-order valence-corrected chi connectivity index (χ0v) is 14.9. The Balaban J connectivity index is 2.05. The first-order chi connectivity index (χ1) is 10.8. The van der Waals surface area contributed by atoms with Crippen LogP contribution in [0.4, 0.5) is 0 Å². The first-order valence-corrected chi connectivity index (χ1v) is 9.66. The molecule has 8 heteroatoms. The molecule has 1 aromatic heterocycles. The van der Waals surface area contributed by atoms with Gasteiger partial charge in [-0.2, -0.15) is 4.31 Å². The van der Waals surface area contributed by atoms with Crippen LogP contribution in [0.25, 0.3) is 16.5 Å². The SMILES string of the molecule is CS(=O)(=O)N1CC=C(c2c[nH]c3c(C(N)=O)cc(Br)cc23)CC1. The van der Waals surface area contributed by atoms with Crippen LogP contribution in [0.5, 0.6) is 0 Å².